The summed E-state index contributed by atoms with van der Waals surface area (Å²) in [4.78, 5) is 0. The molecule has 1 heterocycles. The van der Waals surface area contributed by atoms with Gasteiger partial charge in [0.2, 0.25) is 0 Å². The van der Waals surface area contributed by atoms with Crippen LogP contribution < -0.4 is 5.32 Å². The van der Waals surface area contributed by atoms with Crippen LogP contribution in [0.2, 0.25) is 0 Å². The first-order valence-corrected chi connectivity index (χ1v) is 5.71. The monoisotopic (exact) mass is 266 g/mol. The van der Waals surface area contributed by atoms with Gasteiger partial charge in [-0.2, -0.15) is 0 Å². The largest absolute Gasteiger partial charge is 0.455 e. The van der Waals surface area contributed by atoms with Gasteiger partial charge in [-0.1, -0.05) is 28.1 Å². The molecule has 15 heavy (non-hydrogen) atoms. The zero-order valence-electron chi connectivity index (χ0n) is 8.53. The van der Waals surface area contributed by atoms with E-state index in [0.29, 0.717) is 0 Å². The highest BCUT2D eigenvalue weighted by atomic mass is 79.9. The Morgan fingerprint density at radius 1 is 1.13 bits per heavy atom. The fraction of sp³-hybridized carbons (Fsp3) is 0.167. The van der Waals surface area contributed by atoms with Crippen LogP contribution in [0.1, 0.15) is 5.76 Å². The van der Waals surface area contributed by atoms with E-state index in [1.165, 1.54) is 0 Å². The van der Waals surface area contributed by atoms with Crippen LogP contribution in [0.5, 0.6) is 0 Å². The van der Waals surface area contributed by atoms with E-state index in [4.69, 9.17) is 4.42 Å². The fourth-order valence-corrected chi connectivity index (χ4v) is 1.72. The third kappa shape index (κ3) is 2.49. The quantitative estimate of drug-likeness (QED) is 0.909. The Labute approximate surface area is 97.4 Å². The maximum Gasteiger partial charge on any atom is 0.158 e. The summed E-state index contributed by atoms with van der Waals surface area (Å²) in [7, 11) is 2.03. The van der Waals surface area contributed by atoms with Crippen molar-refractivity contribution in [3.63, 3.8) is 0 Å². The molecule has 1 aromatic heterocycles. The Balaban J connectivity index is 2.25. The Bertz CT molecular complexity index is 433. The molecule has 0 aliphatic carbocycles. The minimum absolute atomic E-state index is 0.885. The van der Waals surface area contributed by atoms with E-state index in [0.717, 1.165) is 28.1 Å². The highest BCUT2D eigenvalue weighted by Gasteiger charge is 2.04. The highest BCUT2D eigenvalue weighted by Crippen LogP contribution is 2.23. The summed E-state index contributed by atoms with van der Waals surface area (Å²) in [5.74, 6) is 1.94. The van der Waals surface area contributed by atoms with Gasteiger partial charge in [-0.05, 0) is 24.3 Å². The molecule has 0 saturated heterocycles. The lowest BCUT2D eigenvalue weighted by Crippen LogP contribution is -2.77. The summed E-state index contributed by atoms with van der Waals surface area (Å²) >= 11 is 3.41. The number of furan rings is 1. The molecule has 0 fully saturated rings. The first kappa shape index (κ1) is 10.5. The van der Waals surface area contributed by atoms with Crippen LogP contribution >= 0.6 is 15.9 Å². The molecule has 0 radical (unpaired) electrons. The average molecular weight is 267 g/mol. The lowest BCUT2D eigenvalue weighted by Gasteiger charge is -1.97. The van der Waals surface area contributed by atoms with Crippen molar-refractivity contribution in [2.24, 2.45) is 0 Å². The molecular formula is C12H13BrNO+. The third-order valence-electron chi connectivity index (χ3n) is 2.20. The predicted molar refractivity (Wildman–Crippen MR) is 63.4 cm³/mol. The number of nitrogens with two attached hydrogens (primary N) is 1. The molecular weight excluding hydrogens is 254 g/mol. The van der Waals surface area contributed by atoms with E-state index in [-0.39, 0.29) is 0 Å². The number of benzene rings is 1. The Morgan fingerprint density at radius 3 is 2.53 bits per heavy atom. The summed E-state index contributed by atoms with van der Waals surface area (Å²) in [5.41, 5.74) is 1.11. The maximum atomic E-state index is 5.70. The number of hydrogen-bond donors (Lipinski definition) is 1. The summed E-state index contributed by atoms with van der Waals surface area (Å²) < 4.78 is 6.79. The van der Waals surface area contributed by atoms with Crippen LogP contribution in [0.3, 0.4) is 0 Å². The van der Waals surface area contributed by atoms with Crippen molar-refractivity contribution in [3.05, 3.63) is 46.6 Å². The molecule has 0 spiro atoms. The standard InChI is InChI=1S/C12H12BrNO/c1-14-8-11-6-7-12(15-11)9-2-4-10(13)5-3-9/h2-7,14H,8H2,1H3/p+1. The third-order valence-corrected chi connectivity index (χ3v) is 2.72. The minimum atomic E-state index is 0.885. The van der Waals surface area contributed by atoms with Gasteiger partial charge in [0.25, 0.3) is 0 Å². The van der Waals surface area contributed by atoms with Crippen LogP contribution in [0.25, 0.3) is 11.3 Å². The molecule has 2 aromatic rings. The lowest BCUT2D eigenvalue weighted by atomic mass is 10.2. The smallest absolute Gasteiger partial charge is 0.158 e. The Hall–Kier alpha value is -1.06. The highest BCUT2D eigenvalue weighted by molar-refractivity contribution is 9.10. The molecule has 0 amide bonds. The lowest BCUT2D eigenvalue weighted by molar-refractivity contribution is -0.645. The summed E-state index contributed by atoms with van der Waals surface area (Å²) in [5, 5.41) is 2.09. The molecule has 2 N–H and O–H groups in total. The van der Waals surface area contributed by atoms with E-state index in [1.807, 2.05) is 43.4 Å². The van der Waals surface area contributed by atoms with Gasteiger partial charge >= 0.3 is 0 Å². The number of rotatable bonds is 3. The first-order chi connectivity index (χ1) is 7.29. The molecule has 1 aromatic carbocycles. The van der Waals surface area contributed by atoms with Crippen molar-refractivity contribution in [2.45, 2.75) is 6.54 Å². The van der Waals surface area contributed by atoms with Gasteiger partial charge in [0.1, 0.15) is 12.3 Å². The molecule has 0 aliphatic rings. The fourth-order valence-electron chi connectivity index (χ4n) is 1.46. The molecule has 3 heteroatoms. The van der Waals surface area contributed by atoms with E-state index in [9.17, 15) is 0 Å². The first-order valence-electron chi connectivity index (χ1n) is 4.92. The van der Waals surface area contributed by atoms with E-state index < -0.39 is 0 Å². The van der Waals surface area contributed by atoms with Gasteiger partial charge < -0.3 is 9.73 Å². The molecule has 0 aliphatic heterocycles. The van der Waals surface area contributed by atoms with E-state index >= 15 is 0 Å². The summed E-state index contributed by atoms with van der Waals surface area (Å²) in [6.45, 7) is 0.885. The van der Waals surface area contributed by atoms with Crippen LogP contribution in [0.15, 0.2) is 45.3 Å². The van der Waals surface area contributed by atoms with Crippen molar-refractivity contribution >= 4 is 15.9 Å². The molecule has 2 rings (SSSR count). The van der Waals surface area contributed by atoms with Crippen molar-refractivity contribution in [2.75, 3.05) is 7.05 Å². The second-order valence-electron chi connectivity index (χ2n) is 3.39. The van der Waals surface area contributed by atoms with Crippen molar-refractivity contribution in [1.82, 2.24) is 0 Å². The maximum absolute atomic E-state index is 5.70. The summed E-state index contributed by atoms with van der Waals surface area (Å²) in [6, 6.07) is 12.2. The van der Waals surface area contributed by atoms with Crippen molar-refractivity contribution < 1.29 is 9.73 Å². The number of halogens is 1. The topological polar surface area (TPSA) is 29.8 Å². The minimum Gasteiger partial charge on any atom is -0.455 e. The predicted octanol–water partition coefficient (Wildman–Crippen LogP) is 2.40. The van der Waals surface area contributed by atoms with Gasteiger partial charge in [-0.15, -0.1) is 0 Å². The van der Waals surface area contributed by atoms with Crippen LogP contribution in [0.4, 0.5) is 0 Å². The molecule has 78 valence electrons. The van der Waals surface area contributed by atoms with Gasteiger partial charge in [0.15, 0.2) is 5.76 Å². The van der Waals surface area contributed by atoms with Gasteiger partial charge in [0, 0.05) is 10.0 Å². The van der Waals surface area contributed by atoms with Crippen LogP contribution in [0, 0.1) is 0 Å². The molecule has 0 atom stereocenters. The van der Waals surface area contributed by atoms with Crippen LogP contribution in [-0.4, -0.2) is 7.05 Å². The molecule has 0 unspecified atom stereocenters. The Kier molecular flexibility index (Phi) is 3.23. The second kappa shape index (κ2) is 4.64. The normalized spacial score (nSPS) is 10.5. The van der Waals surface area contributed by atoms with Gasteiger partial charge in [-0.3, -0.25) is 0 Å². The van der Waals surface area contributed by atoms with Gasteiger partial charge in [-0.25, -0.2) is 0 Å². The average Bonchev–Trinajstić information content (AvgIpc) is 2.68. The van der Waals surface area contributed by atoms with Crippen molar-refractivity contribution in [3.8, 4) is 11.3 Å². The number of quaternary nitrogens is 1. The molecule has 0 saturated carbocycles. The second-order valence-corrected chi connectivity index (χ2v) is 4.30. The zero-order valence-corrected chi connectivity index (χ0v) is 10.1. The Morgan fingerprint density at radius 2 is 1.87 bits per heavy atom. The van der Waals surface area contributed by atoms with E-state index in [2.05, 4.69) is 21.2 Å². The van der Waals surface area contributed by atoms with Gasteiger partial charge in [0.05, 0.1) is 7.05 Å². The molecule has 0 bridgehead atoms. The van der Waals surface area contributed by atoms with E-state index in [1.54, 1.807) is 0 Å². The zero-order chi connectivity index (χ0) is 10.7. The molecule has 2 nitrogen and oxygen atoms in total. The van der Waals surface area contributed by atoms with Crippen molar-refractivity contribution in [1.29, 1.82) is 0 Å². The van der Waals surface area contributed by atoms with Crippen LogP contribution in [-0.2, 0) is 6.54 Å². The SMILES string of the molecule is C[NH2+]Cc1ccc(-c2ccc(Br)cc2)o1. The number of hydrogen-bond acceptors (Lipinski definition) is 1. The summed E-state index contributed by atoms with van der Waals surface area (Å²) in [6.07, 6.45) is 0.